The monoisotopic (exact) mass is 266 g/mol. The van der Waals surface area contributed by atoms with Crippen LogP contribution < -0.4 is 5.56 Å². The molecule has 0 saturated carbocycles. The maximum absolute atomic E-state index is 12.6. The quantitative estimate of drug-likeness (QED) is 0.576. The maximum atomic E-state index is 12.6. The number of azo groups is 1. The number of aromatic amines is 2. The summed E-state index contributed by atoms with van der Waals surface area (Å²) < 4.78 is 12.6. The SMILES string of the molecule is O=c1[nH]c(=S)[nH]c(O)c1N=Nc1ccc(F)cc1. The topological polar surface area (TPSA) is 93.6 Å². The lowest BCUT2D eigenvalue weighted by molar-refractivity contribution is 0.451. The average molecular weight is 266 g/mol. The predicted molar refractivity (Wildman–Crippen MR) is 64.5 cm³/mol. The molecule has 0 atom stereocenters. The number of hydrogen-bond donors (Lipinski definition) is 3. The number of nitrogens with one attached hydrogen (secondary N) is 2. The lowest BCUT2D eigenvalue weighted by Crippen LogP contribution is -2.06. The van der Waals surface area contributed by atoms with E-state index in [-0.39, 0.29) is 10.5 Å². The number of H-pyrrole nitrogens is 2. The first-order valence-electron chi connectivity index (χ1n) is 4.79. The van der Waals surface area contributed by atoms with Crippen LogP contribution in [0.4, 0.5) is 15.8 Å². The summed E-state index contributed by atoms with van der Waals surface area (Å²) in [6.07, 6.45) is 0. The summed E-state index contributed by atoms with van der Waals surface area (Å²) in [6.45, 7) is 0. The van der Waals surface area contributed by atoms with Crippen molar-refractivity contribution in [1.29, 1.82) is 0 Å². The Morgan fingerprint density at radius 2 is 1.83 bits per heavy atom. The first-order chi connectivity index (χ1) is 8.56. The summed E-state index contributed by atoms with van der Waals surface area (Å²) in [7, 11) is 0. The van der Waals surface area contributed by atoms with Crippen LogP contribution in [0, 0.1) is 10.6 Å². The fourth-order valence-corrected chi connectivity index (χ4v) is 1.37. The van der Waals surface area contributed by atoms with E-state index in [1.807, 2.05) is 0 Å². The van der Waals surface area contributed by atoms with E-state index in [1.54, 1.807) is 0 Å². The van der Waals surface area contributed by atoms with Gasteiger partial charge in [0.25, 0.3) is 5.56 Å². The van der Waals surface area contributed by atoms with Gasteiger partial charge in [-0.3, -0.25) is 9.78 Å². The van der Waals surface area contributed by atoms with Crippen LogP contribution in [0.15, 0.2) is 39.3 Å². The number of benzene rings is 1. The van der Waals surface area contributed by atoms with Gasteiger partial charge < -0.3 is 10.1 Å². The second-order valence-electron chi connectivity index (χ2n) is 3.28. The van der Waals surface area contributed by atoms with E-state index in [9.17, 15) is 14.3 Å². The molecule has 0 aliphatic rings. The molecule has 0 amide bonds. The third-order valence-electron chi connectivity index (χ3n) is 1.99. The number of aromatic hydroxyl groups is 1. The van der Waals surface area contributed by atoms with Crippen molar-refractivity contribution in [2.45, 2.75) is 0 Å². The van der Waals surface area contributed by atoms with Crippen LogP contribution in [0.3, 0.4) is 0 Å². The number of nitrogens with zero attached hydrogens (tertiary/aromatic N) is 2. The molecule has 92 valence electrons. The number of hydrogen-bond acceptors (Lipinski definition) is 5. The van der Waals surface area contributed by atoms with E-state index in [2.05, 4.69) is 32.4 Å². The van der Waals surface area contributed by atoms with E-state index < -0.39 is 17.3 Å². The van der Waals surface area contributed by atoms with Crippen LogP contribution in [0.25, 0.3) is 0 Å². The van der Waals surface area contributed by atoms with Crippen molar-refractivity contribution in [2.24, 2.45) is 10.2 Å². The Hall–Kier alpha value is -2.35. The molecule has 2 rings (SSSR count). The number of halogens is 1. The zero-order valence-electron chi connectivity index (χ0n) is 8.85. The van der Waals surface area contributed by atoms with Gasteiger partial charge >= 0.3 is 0 Å². The first-order valence-corrected chi connectivity index (χ1v) is 5.20. The standard InChI is InChI=1S/C10H7FN4O2S/c11-5-1-3-6(4-2-5)14-15-7-8(16)12-10(18)13-9(7)17/h1-4H,(H3,12,13,16,17,18). The van der Waals surface area contributed by atoms with Gasteiger partial charge in [0.2, 0.25) is 11.6 Å². The summed E-state index contributed by atoms with van der Waals surface area (Å²) in [5, 5.41) is 16.7. The number of aromatic nitrogens is 2. The van der Waals surface area contributed by atoms with Gasteiger partial charge in [-0.2, -0.15) is 5.11 Å². The summed E-state index contributed by atoms with van der Waals surface area (Å²) in [4.78, 5) is 16.0. The van der Waals surface area contributed by atoms with Gasteiger partial charge in [-0.15, -0.1) is 5.11 Å². The molecule has 3 N–H and O–H groups in total. The summed E-state index contributed by atoms with van der Waals surface area (Å²) >= 11 is 4.65. The second-order valence-corrected chi connectivity index (χ2v) is 3.69. The van der Waals surface area contributed by atoms with Gasteiger partial charge in [0.1, 0.15) is 5.82 Å². The molecule has 0 spiro atoms. The predicted octanol–water partition coefficient (Wildman–Crippen LogP) is 2.69. The maximum Gasteiger partial charge on any atom is 0.283 e. The van der Waals surface area contributed by atoms with E-state index in [0.29, 0.717) is 5.69 Å². The largest absolute Gasteiger partial charge is 0.493 e. The Bertz CT molecular complexity index is 705. The normalized spacial score (nSPS) is 10.9. The highest BCUT2D eigenvalue weighted by molar-refractivity contribution is 7.71. The van der Waals surface area contributed by atoms with Crippen LogP contribution in [0.2, 0.25) is 0 Å². The van der Waals surface area contributed by atoms with Crippen LogP contribution in [-0.4, -0.2) is 15.1 Å². The molecule has 6 nitrogen and oxygen atoms in total. The van der Waals surface area contributed by atoms with Crippen LogP contribution in [0.1, 0.15) is 0 Å². The molecule has 0 radical (unpaired) electrons. The second kappa shape index (κ2) is 4.88. The van der Waals surface area contributed by atoms with Gasteiger partial charge in [0.05, 0.1) is 5.69 Å². The van der Waals surface area contributed by atoms with Crippen molar-refractivity contribution in [1.82, 2.24) is 9.97 Å². The fraction of sp³-hybridized carbons (Fsp3) is 0. The van der Waals surface area contributed by atoms with Gasteiger partial charge in [-0.1, -0.05) is 0 Å². The Morgan fingerprint density at radius 3 is 2.44 bits per heavy atom. The summed E-state index contributed by atoms with van der Waals surface area (Å²) in [5.41, 5.74) is -0.618. The smallest absolute Gasteiger partial charge is 0.283 e. The number of rotatable bonds is 2. The molecule has 1 heterocycles. The molecule has 1 aromatic heterocycles. The van der Waals surface area contributed by atoms with Gasteiger partial charge in [0.15, 0.2) is 4.77 Å². The van der Waals surface area contributed by atoms with E-state index >= 15 is 0 Å². The van der Waals surface area contributed by atoms with Gasteiger partial charge in [-0.25, -0.2) is 4.39 Å². The van der Waals surface area contributed by atoms with Crippen molar-refractivity contribution < 1.29 is 9.50 Å². The molecule has 0 bridgehead atoms. The van der Waals surface area contributed by atoms with E-state index in [1.165, 1.54) is 24.3 Å². The van der Waals surface area contributed by atoms with E-state index in [0.717, 1.165) is 0 Å². The van der Waals surface area contributed by atoms with Crippen LogP contribution in [0.5, 0.6) is 5.88 Å². The van der Waals surface area contributed by atoms with Crippen molar-refractivity contribution >= 4 is 23.6 Å². The highest BCUT2D eigenvalue weighted by atomic mass is 32.1. The molecule has 8 heteroatoms. The third-order valence-corrected chi connectivity index (χ3v) is 2.19. The highest BCUT2D eigenvalue weighted by Crippen LogP contribution is 2.21. The van der Waals surface area contributed by atoms with Crippen LogP contribution in [-0.2, 0) is 0 Å². The summed E-state index contributed by atoms with van der Waals surface area (Å²) in [6, 6.07) is 5.18. The Balaban J connectivity index is 2.38. The molecule has 0 aliphatic heterocycles. The van der Waals surface area contributed by atoms with Crippen LogP contribution >= 0.6 is 12.2 Å². The summed E-state index contributed by atoms with van der Waals surface area (Å²) in [5.74, 6) is -0.881. The zero-order chi connectivity index (χ0) is 13.1. The Kier molecular flexibility index (Phi) is 3.28. The minimum atomic E-state index is -0.665. The lowest BCUT2D eigenvalue weighted by atomic mass is 10.3. The fourth-order valence-electron chi connectivity index (χ4n) is 1.18. The lowest BCUT2D eigenvalue weighted by Gasteiger charge is -1.96. The van der Waals surface area contributed by atoms with Crippen molar-refractivity contribution in [3.05, 3.63) is 45.2 Å². The van der Waals surface area contributed by atoms with E-state index in [4.69, 9.17) is 0 Å². The van der Waals surface area contributed by atoms with Crippen molar-refractivity contribution in [2.75, 3.05) is 0 Å². The third kappa shape index (κ3) is 2.66. The molecule has 0 saturated heterocycles. The first kappa shape index (κ1) is 12.1. The average Bonchev–Trinajstić information content (AvgIpc) is 2.30. The molecule has 0 unspecified atom stereocenters. The van der Waals surface area contributed by atoms with Crippen molar-refractivity contribution in [3.8, 4) is 5.88 Å². The molecule has 18 heavy (non-hydrogen) atoms. The molecule has 0 aliphatic carbocycles. The molecular weight excluding hydrogens is 259 g/mol. The van der Waals surface area contributed by atoms with Gasteiger partial charge in [0, 0.05) is 0 Å². The molecule has 2 aromatic rings. The van der Waals surface area contributed by atoms with Crippen molar-refractivity contribution in [3.63, 3.8) is 0 Å². The highest BCUT2D eigenvalue weighted by Gasteiger charge is 2.05. The zero-order valence-corrected chi connectivity index (χ0v) is 9.66. The molecular formula is C10H7FN4O2S. The minimum absolute atomic E-state index is 0.0155. The van der Waals surface area contributed by atoms with Gasteiger partial charge in [-0.05, 0) is 36.5 Å². The minimum Gasteiger partial charge on any atom is -0.493 e. The molecule has 1 aromatic carbocycles. The Labute approximate surface area is 105 Å². The Morgan fingerprint density at radius 1 is 1.17 bits per heavy atom. The molecule has 0 fully saturated rings.